The molecule has 3 nitrogen and oxygen atoms in total. The van der Waals surface area contributed by atoms with E-state index >= 15 is 0 Å². The number of hydrogen-bond donors (Lipinski definition) is 1. The second kappa shape index (κ2) is 7.58. The Labute approximate surface area is 154 Å². The van der Waals surface area contributed by atoms with Crippen molar-refractivity contribution in [1.29, 1.82) is 0 Å². The summed E-state index contributed by atoms with van der Waals surface area (Å²) < 4.78 is 13.6. The first-order valence-corrected chi connectivity index (χ1v) is 9.53. The molecule has 2 aromatic rings. The van der Waals surface area contributed by atoms with Crippen molar-refractivity contribution < 1.29 is 9.18 Å². The Hall–Kier alpha value is -2.20. The average Bonchev–Trinajstić information content (AvgIpc) is 2.68. The average molecular weight is 352 g/mol. The number of nitrogens with zero attached hydrogens (tertiary/aromatic N) is 1. The van der Waals surface area contributed by atoms with Crippen molar-refractivity contribution in [2.45, 2.75) is 31.7 Å². The summed E-state index contributed by atoms with van der Waals surface area (Å²) in [7, 11) is 0. The van der Waals surface area contributed by atoms with Gasteiger partial charge in [-0.3, -0.25) is 4.79 Å². The number of rotatable bonds is 3. The van der Waals surface area contributed by atoms with E-state index in [1.54, 1.807) is 12.1 Å². The third kappa shape index (κ3) is 3.65. The van der Waals surface area contributed by atoms with E-state index in [1.165, 1.54) is 17.2 Å². The Bertz CT molecular complexity index is 791. The minimum Gasteiger partial charge on any atom is -0.333 e. The third-order valence-electron chi connectivity index (χ3n) is 5.71. The van der Waals surface area contributed by atoms with Crippen molar-refractivity contribution in [3.8, 4) is 0 Å². The van der Waals surface area contributed by atoms with Gasteiger partial charge in [0.05, 0.1) is 6.04 Å². The smallest absolute Gasteiger partial charge is 0.223 e. The molecule has 4 rings (SSSR count). The van der Waals surface area contributed by atoms with Crippen LogP contribution in [0.15, 0.2) is 48.5 Å². The number of piperazine rings is 1. The van der Waals surface area contributed by atoms with E-state index in [2.05, 4.69) is 29.6 Å². The van der Waals surface area contributed by atoms with E-state index in [4.69, 9.17) is 0 Å². The van der Waals surface area contributed by atoms with Gasteiger partial charge in [0.15, 0.2) is 0 Å². The number of fused-ring (bicyclic) bond motifs is 1. The van der Waals surface area contributed by atoms with Crippen LogP contribution in [0.3, 0.4) is 0 Å². The molecule has 136 valence electrons. The van der Waals surface area contributed by atoms with Gasteiger partial charge >= 0.3 is 0 Å². The highest BCUT2D eigenvalue weighted by Crippen LogP contribution is 2.30. The number of hydrogen-bond acceptors (Lipinski definition) is 2. The van der Waals surface area contributed by atoms with Crippen molar-refractivity contribution in [1.82, 2.24) is 10.2 Å². The first-order valence-electron chi connectivity index (χ1n) is 9.53. The van der Waals surface area contributed by atoms with Crippen LogP contribution in [-0.2, 0) is 17.6 Å². The summed E-state index contributed by atoms with van der Waals surface area (Å²) in [6.07, 6.45) is 3.70. The molecule has 1 fully saturated rings. The minimum absolute atomic E-state index is 0.0807. The Morgan fingerprint density at radius 1 is 1.15 bits per heavy atom. The maximum Gasteiger partial charge on any atom is 0.223 e. The Kier molecular flexibility index (Phi) is 5.02. The van der Waals surface area contributed by atoms with E-state index in [-0.39, 0.29) is 17.8 Å². The largest absolute Gasteiger partial charge is 0.333 e. The Morgan fingerprint density at radius 3 is 2.85 bits per heavy atom. The van der Waals surface area contributed by atoms with Gasteiger partial charge < -0.3 is 10.2 Å². The van der Waals surface area contributed by atoms with Gasteiger partial charge in [0.25, 0.3) is 0 Å². The monoisotopic (exact) mass is 352 g/mol. The second-order valence-electron chi connectivity index (χ2n) is 7.44. The van der Waals surface area contributed by atoms with Gasteiger partial charge in [0.2, 0.25) is 5.91 Å². The van der Waals surface area contributed by atoms with Gasteiger partial charge in [0, 0.05) is 26.1 Å². The van der Waals surface area contributed by atoms with Crippen LogP contribution in [0.4, 0.5) is 4.39 Å². The standard InChI is InChI=1S/C22H25FN2O/c23-20-7-3-6-19(14-20)21-15-24-10-11-25(21)22(26)13-16-8-9-17-4-1-2-5-18(17)12-16/h1-7,14,16,21,24H,8-13,15H2. The van der Waals surface area contributed by atoms with E-state index < -0.39 is 0 Å². The molecule has 0 aromatic heterocycles. The fraction of sp³-hybridized carbons (Fsp3) is 0.409. The number of carbonyl (C=O) groups is 1. The lowest BCUT2D eigenvalue weighted by atomic mass is 9.82. The van der Waals surface area contributed by atoms with Crippen LogP contribution >= 0.6 is 0 Å². The van der Waals surface area contributed by atoms with Crippen LogP contribution in [0, 0.1) is 11.7 Å². The molecule has 4 heteroatoms. The summed E-state index contributed by atoms with van der Waals surface area (Å²) in [4.78, 5) is 15.0. The fourth-order valence-electron chi connectivity index (χ4n) is 4.33. The maximum absolute atomic E-state index is 13.6. The number of benzene rings is 2. The van der Waals surface area contributed by atoms with Gasteiger partial charge in [-0.1, -0.05) is 36.4 Å². The normalized spacial score (nSPS) is 22.7. The van der Waals surface area contributed by atoms with E-state index in [0.717, 1.165) is 31.4 Å². The molecule has 0 radical (unpaired) electrons. The molecule has 1 aliphatic carbocycles. The summed E-state index contributed by atoms with van der Waals surface area (Å²) in [6, 6.07) is 15.1. The van der Waals surface area contributed by atoms with E-state index in [9.17, 15) is 9.18 Å². The van der Waals surface area contributed by atoms with E-state index in [0.29, 0.717) is 25.4 Å². The Morgan fingerprint density at radius 2 is 2.00 bits per heavy atom. The second-order valence-corrected chi connectivity index (χ2v) is 7.44. The molecule has 2 aromatic carbocycles. The summed E-state index contributed by atoms with van der Waals surface area (Å²) in [5, 5.41) is 3.34. The first kappa shape index (κ1) is 17.2. The number of aryl methyl sites for hydroxylation is 1. The predicted molar refractivity (Wildman–Crippen MR) is 100 cm³/mol. The Balaban J connectivity index is 1.46. The van der Waals surface area contributed by atoms with Crippen LogP contribution in [0.1, 0.15) is 35.6 Å². The van der Waals surface area contributed by atoms with Crippen LogP contribution < -0.4 is 5.32 Å². The van der Waals surface area contributed by atoms with Crippen molar-refractivity contribution in [3.05, 3.63) is 71.0 Å². The molecule has 1 aliphatic heterocycles. The quantitative estimate of drug-likeness (QED) is 0.917. The lowest BCUT2D eigenvalue weighted by Gasteiger charge is -2.38. The fourth-order valence-corrected chi connectivity index (χ4v) is 4.33. The molecule has 2 aliphatic rings. The molecule has 1 N–H and O–H groups in total. The molecule has 1 saturated heterocycles. The van der Waals surface area contributed by atoms with Gasteiger partial charge in [-0.2, -0.15) is 0 Å². The topological polar surface area (TPSA) is 32.3 Å². The van der Waals surface area contributed by atoms with Gasteiger partial charge in [-0.15, -0.1) is 0 Å². The summed E-state index contributed by atoms with van der Waals surface area (Å²) in [5.74, 6) is 0.356. The summed E-state index contributed by atoms with van der Waals surface area (Å²) >= 11 is 0. The number of nitrogens with one attached hydrogen (secondary N) is 1. The summed E-state index contributed by atoms with van der Waals surface area (Å²) in [5.41, 5.74) is 3.69. The van der Waals surface area contributed by atoms with Crippen molar-refractivity contribution >= 4 is 5.91 Å². The third-order valence-corrected chi connectivity index (χ3v) is 5.71. The number of carbonyl (C=O) groups excluding carboxylic acids is 1. The zero-order valence-corrected chi connectivity index (χ0v) is 15.0. The molecule has 26 heavy (non-hydrogen) atoms. The lowest BCUT2D eigenvalue weighted by molar-refractivity contribution is -0.135. The number of halogens is 1. The van der Waals surface area contributed by atoms with E-state index in [1.807, 2.05) is 11.0 Å². The van der Waals surface area contributed by atoms with Crippen LogP contribution in [-0.4, -0.2) is 30.4 Å². The molecule has 0 spiro atoms. The van der Waals surface area contributed by atoms with Crippen molar-refractivity contribution in [2.75, 3.05) is 19.6 Å². The molecule has 1 amide bonds. The highest BCUT2D eigenvalue weighted by molar-refractivity contribution is 5.77. The SMILES string of the molecule is O=C(CC1CCc2ccccc2C1)N1CCNCC1c1cccc(F)c1. The molecule has 2 atom stereocenters. The van der Waals surface area contributed by atoms with Crippen molar-refractivity contribution in [3.63, 3.8) is 0 Å². The number of amides is 1. The molecule has 0 bridgehead atoms. The predicted octanol–water partition coefficient (Wildman–Crippen LogP) is 3.49. The minimum atomic E-state index is -0.246. The molecular weight excluding hydrogens is 327 g/mol. The van der Waals surface area contributed by atoms with Gasteiger partial charge in [-0.05, 0) is 54.0 Å². The van der Waals surface area contributed by atoms with Crippen molar-refractivity contribution in [2.24, 2.45) is 5.92 Å². The van der Waals surface area contributed by atoms with Gasteiger partial charge in [0.1, 0.15) is 5.82 Å². The lowest BCUT2D eigenvalue weighted by Crippen LogP contribution is -2.49. The summed E-state index contributed by atoms with van der Waals surface area (Å²) in [6.45, 7) is 2.16. The highest BCUT2D eigenvalue weighted by Gasteiger charge is 2.30. The highest BCUT2D eigenvalue weighted by atomic mass is 19.1. The maximum atomic E-state index is 13.6. The first-order chi connectivity index (χ1) is 12.7. The van der Waals surface area contributed by atoms with Crippen LogP contribution in [0.25, 0.3) is 0 Å². The van der Waals surface area contributed by atoms with Crippen LogP contribution in [0.2, 0.25) is 0 Å². The zero-order valence-electron chi connectivity index (χ0n) is 15.0. The van der Waals surface area contributed by atoms with Crippen LogP contribution in [0.5, 0.6) is 0 Å². The molecular formula is C22H25FN2O. The molecule has 1 heterocycles. The molecule has 2 unspecified atom stereocenters. The van der Waals surface area contributed by atoms with Gasteiger partial charge in [-0.25, -0.2) is 4.39 Å². The molecule has 0 saturated carbocycles. The zero-order chi connectivity index (χ0) is 17.9.